The second-order valence-corrected chi connectivity index (χ2v) is 7.49. The summed E-state index contributed by atoms with van der Waals surface area (Å²) in [6.45, 7) is 0. The zero-order chi connectivity index (χ0) is 19.3. The van der Waals surface area contributed by atoms with Crippen molar-refractivity contribution in [1.29, 1.82) is 0 Å². The highest BCUT2D eigenvalue weighted by Crippen LogP contribution is 2.46. The van der Waals surface area contributed by atoms with Crippen molar-refractivity contribution in [2.24, 2.45) is 5.18 Å². The number of aromatic nitrogens is 2. The third-order valence-electron chi connectivity index (χ3n) is 4.97. The van der Waals surface area contributed by atoms with Gasteiger partial charge in [0.05, 0.1) is 22.3 Å². The maximum Gasteiger partial charge on any atom is 0.199 e. The van der Waals surface area contributed by atoms with E-state index in [2.05, 4.69) is 31.1 Å². The number of fused-ring (bicyclic) bond motifs is 2. The fourth-order valence-electron chi connectivity index (χ4n) is 3.75. The van der Waals surface area contributed by atoms with Crippen LogP contribution in [0, 0.1) is 4.91 Å². The van der Waals surface area contributed by atoms with Gasteiger partial charge < -0.3 is 15.1 Å². The molecule has 28 heavy (non-hydrogen) atoms. The van der Waals surface area contributed by atoms with Gasteiger partial charge in [0.2, 0.25) is 0 Å². The van der Waals surface area contributed by atoms with E-state index < -0.39 is 0 Å². The molecule has 0 spiro atoms. The molecule has 136 valence electrons. The van der Waals surface area contributed by atoms with Crippen LogP contribution in [-0.2, 0) is 0 Å². The van der Waals surface area contributed by atoms with E-state index in [1.807, 2.05) is 66.7 Å². The number of aromatic amines is 2. The highest BCUT2D eigenvalue weighted by Gasteiger charge is 2.22. The molecule has 6 heteroatoms. The minimum absolute atomic E-state index is 0.00850. The van der Waals surface area contributed by atoms with E-state index in [1.165, 1.54) is 0 Å². The average Bonchev–Trinajstić information content (AvgIpc) is 3.23. The van der Waals surface area contributed by atoms with E-state index in [0.717, 1.165) is 37.4 Å². The first kappa shape index (κ1) is 16.8. The van der Waals surface area contributed by atoms with Crippen LogP contribution < -0.4 is 0 Å². The number of nitroso groups, excluding NO2 is 1. The first-order chi connectivity index (χ1) is 13.7. The number of nitrogens with zero attached hydrogens (tertiary/aromatic N) is 1. The van der Waals surface area contributed by atoms with Crippen molar-refractivity contribution >= 4 is 43.4 Å². The molecule has 0 aliphatic heterocycles. The summed E-state index contributed by atoms with van der Waals surface area (Å²) in [6.07, 6.45) is 0. The maximum atomic E-state index is 11.8. The lowest BCUT2D eigenvalue weighted by Gasteiger charge is -2.03. The Morgan fingerprint density at radius 2 is 1.71 bits per heavy atom. The molecule has 0 fully saturated rings. The molecular formula is C22H14BrN3O2. The SMILES string of the molecule is O=Nc1c(-c2c(O)[nH]c3cc(Br)ccc23)[nH]c2c(-c3ccccc3)cccc12. The largest absolute Gasteiger partial charge is 0.494 e. The van der Waals surface area contributed by atoms with Crippen LogP contribution in [0.1, 0.15) is 0 Å². The quantitative estimate of drug-likeness (QED) is 0.273. The van der Waals surface area contributed by atoms with E-state index in [9.17, 15) is 10.0 Å². The van der Waals surface area contributed by atoms with Crippen molar-refractivity contribution in [3.05, 3.63) is 76.1 Å². The van der Waals surface area contributed by atoms with Crippen molar-refractivity contribution < 1.29 is 5.11 Å². The predicted molar refractivity (Wildman–Crippen MR) is 116 cm³/mol. The van der Waals surface area contributed by atoms with Gasteiger partial charge in [0.1, 0.15) is 5.69 Å². The van der Waals surface area contributed by atoms with Crippen molar-refractivity contribution in [2.75, 3.05) is 0 Å². The zero-order valence-corrected chi connectivity index (χ0v) is 16.1. The lowest BCUT2D eigenvalue weighted by Crippen LogP contribution is -1.80. The maximum absolute atomic E-state index is 11.8. The molecule has 5 rings (SSSR count). The number of benzene rings is 3. The van der Waals surface area contributed by atoms with Crippen LogP contribution in [0.2, 0.25) is 0 Å². The van der Waals surface area contributed by atoms with Crippen molar-refractivity contribution in [1.82, 2.24) is 9.97 Å². The molecule has 2 aromatic heterocycles. The highest BCUT2D eigenvalue weighted by atomic mass is 79.9. The van der Waals surface area contributed by atoms with Crippen molar-refractivity contribution in [3.8, 4) is 28.3 Å². The molecule has 0 amide bonds. The summed E-state index contributed by atoms with van der Waals surface area (Å²) in [6, 6.07) is 21.4. The Balaban J connectivity index is 1.85. The smallest absolute Gasteiger partial charge is 0.199 e. The van der Waals surface area contributed by atoms with E-state index >= 15 is 0 Å². The molecule has 5 aromatic rings. The van der Waals surface area contributed by atoms with Crippen LogP contribution in [0.25, 0.3) is 44.2 Å². The summed E-state index contributed by atoms with van der Waals surface area (Å²) < 4.78 is 0.893. The fraction of sp³-hybridized carbons (Fsp3) is 0. The van der Waals surface area contributed by atoms with Crippen LogP contribution in [0.3, 0.4) is 0 Å². The Hall–Kier alpha value is -3.38. The number of hydrogen-bond acceptors (Lipinski definition) is 3. The summed E-state index contributed by atoms with van der Waals surface area (Å²) in [5.74, 6) is -0.00850. The zero-order valence-electron chi connectivity index (χ0n) is 14.5. The second kappa shape index (κ2) is 6.35. The van der Waals surface area contributed by atoms with Gasteiger partial charge in [0.25, 0.3) is 0 Å². The van der Waals surface area contributed by atoms with Gasteiger partial charge in [0.15, 0.2) is 5.88 Å². The molecule has 0 saturated heterocycles. The molecule has 0 radical (unpaired) electrons. The Kier molecular flexibility index (Phi) is 3.80. The molecule has 0 saturated carbocycles. The van der Waals surface area contributed by atoms with Crippen LogP contribution in [-0.4, -0.2) is 15.1 Å². The van der Waals surface area contributed by atoms with Gasteiger partial charge in [-0.05, 0) is 22.9 Å². The molecule has 0 aliphatic carbocycles. The van der Waals surface area contributed by atoms with Crippen LogP contribution in [0.15, 0.2) is 76.4 Å². The Bertz CT molecular complexity index is 1350. The number of rotatable bonds is 3. The molecule has 0 bridgehead atoms. The van der Waals surface area contributed by atoms with Crippen LogP contribution >= 0.6 is 15.9 Å². The van der Waals surface area contributed by atoms with E-state index in [1.54, 1.807) is 0 Å². The minimum Gasteiger partial charge on any atom is -0.494 e. The molecule has 3 N–H and O–H groups in total. The Labute approximate surface area is 168 Å². The van der Waals surface area contributed by atoms with Gasteiger partial charge >= 0.3 is 0 Å². The second-order valence-electron chi connectivity index (χ2n) is 6.57. The molecular weight excluding hydrogens is 418 g/mol. The van der Waals surface area contributed by atoms with Crippen LogP contribution in [0.5, 0.6) is 5.88 Å². The van der Waals surface area contributed by atoms with Gasteiger partial charge in [-0.15, -0.1) is 4.91 Å². The number of halogens is 1. The lowest BCUT2D eigenvalue weighted by molar-refractivity contribution is 0.460. The van der Waals surface area contributed by atoms with Gasteiger partial charge in [-0.2, -0.15) is 0 Å². The topological polar surface area (TPSA) is 81.2 Å². The average molecular weight is 432 g/mol. The minimum atomic E-state index is -0.00850. The summed E-state index contributed by atoms with van der Waals surface area (Å²) >= 11 is 3.44. The summed E-state index contributed by atoms with van der Waals surface area (Å²) in [5.41, 5.74) is 4.89. The molecule has 0 atom stereocenters. The molecule has 3 aromatic carbocycles. The lowest BCUT2D eigenvalue weighted by atomic mass is 10.0. The van der Waals surface area contributed by atoms with Crippen molar-refractivity contribution in [3.63, 3.8) is 0 Å². The summed E-state index contributed by atoms with van der Waals surface area (Å²) in [7, 11) is 0. The fourth-order valence-corrected chi connectivity index (χ4v) is 4.11. The number of hydrogen-bond donors (Lipinski definition) is 3. The predicted octanol–water partition coefficient (Wildman–Crippen LogP) is 6.85. The molecule has 0 unspecified atom stereocenters. The monoisotopic (exact) mass is 431 g/mol. The molecule has 5 nitrogen and oxygen atoms in total. The first-order valence-electron chi connectivity index (χ1n) is 8.71. The standard InChI is InChI=1S/C22H14BrN3O2/c23-13-9-10-15-17(11-13)24-22(27)18(15)21-20(26-28)16-8-4-7-14(19(16)25-21)12-5-2-1-3-6-12/h1-11,24-25,27H. The number of H-pyrrole nitrogens is 2. The third kappa shape index (κ3) is 2.46. The number of nitrogens with one attached hydrogen (secondary N) is 2. The van der Waals surface area contributed by atoms with Crippen LogP contribution in [0.4, 0.5) is 5.69 Å². The van der Waals surface area contributed by atoms with E-state index in [0.29, 0.717) is 11.3 Å². The van der Waals surface area contributed by atoms with E-state index in [-0.39, 0.29) is 11.6 Å². The third-order valence-corrected chi connectivity index (χ3v) is 5.47. The number of para-hydroxylation sites is 1. The number of aromatic hydroxyl groups is 1. The van der Waals surface area contributed by atoms with Gasteiger partial charge in [-0.3, -0.25) is 0 Å². The molecule has 0 aliphatic rings. The highest BCUT2D eigenvalue weighted by molar-refractivity contribution is 9.10. The Morgan fingerprint density at radius 3 is 2.50 bits per heavy atom. The van der Waals surface area contributed by atoms with Gasteiger partial charge in [-0.1, -0.05) is 70.5 Å². The summed E-state index contributed by atoms with van der Waals surface area (Å²) in [5, 5.41) is 15.4. The van der Waals surface area contributed by atoms with Crippen molar-refractivity contribution in [2.45, 2.75) is 0 Å². The van der Waals surface area contributed by atoms with E-state index in [4.69, 9.17) is 0 Å². The molecule has 2 heterocycles. The van der Waals surface area contributed by atoms with Gasteiger partial charge in [0, 0.05) is 20.8 Å². The first-order valence-corrected chi connectivity index (χ1v) is 9.50. The summed E-state index contributed by atoms with van der Waals surface area (Å²) in [4.78, 5) is 18.1. The normalized spacial score (nSPS) is 11.3. The Morgan fingerprint density at radius 1 is 0.893 bits per heavy atom. The van der Waals surface area contributed by atoms with Gasteiger partial charge in [-0.25, -0.2) is 0 Å².